The lowest BCUT2D eigenvalue weighted by molar-refractivity contribution is 0.0975. The first kappa shape index (κ1) is 14.3. The van der Waals surface area contributed by atoms with Gasteiger partial charge in [0, 0.05) is 30.7 Å². The van der Waals surface area contributed by atoms with Crippen LogP contribution in [0, 0.1) is 5.92 Å². The summed E-state index contributed by atoms with van der Waals surface area (Å²) < 4.78 is 0. The van der Waals surface area contributed by atoms with Gasteiger partial charge in [-0.25, -0.2) is 0 Å². The van der Waals surface area contributed by atoms with Crippen molar-refractivity contribution in [2.45, 2.75) is 64.2 Å². The minimum atomic E-state index is 0.719. The fourth-order valence-corrected chi connectivity index (χ4v) is 3.52. The highest BCUT2D eigenvalue weighted by atomic mass is 15.2. The number of nitrogens with one attached hydrogen (secondary N) is 1. The van der Waals surface area contributed by atoms with Crippen LogP contribution in [0.4, 0.5) is 0 Å². The molecule has 0 spiro atoms. The molecular weight excluding hydrogens is 222 g/mol. The normalized spacial score (nSPS) is 44.2. The van der Waals surface area contributed by atoms with E-state index in [9.17, 15) is 0 Å². The number of rotatable bonds is 2. The smallest absolute Gasteiger partial charge is 0.0122 e. The van der Waals surface area contributed by atoms with Gasteiger partial charge >= 0.3 is 0 Å². The zero-order valence-corrected chi connectivity index (χ0v) is 12.8. The van der Waals surface area contributed by atoms with Gasteiger partial charge in [-0.15, -0.1) is 0 Å². The van der Waals surface area contributed by atoms with Gasteiger partial charge < -0.3 is 15.1 Å². The number of hydrogen-bond donors (Lipinski definition) is 1. The second-order valence-electron chi connectivity index (χ2n) is 6.83. The van der Waals surface area contributed by atoms with Crippen molar-refractivity contribution >= 4 is 0 Å². The van der Waals surface area contributed by atoms with Crippen molar-refractivity contribution in [3.63, 3.8) is 0 Å². The standard InChI is InChI=1S/C15H31N3/c1-11-10-18(5)13(3)9-15(11)16-14-6-7-17(4)12(2)8-14/h11-16H,6-10H2,1-5H3. The van der Waals surface area contributed by atoms with Crippen molar-refractivity contribution in [1.29, 1.82) is 0 Å². The monoisotopic (exact) mass is 253 g/mol. The van der Waals surface area contributed by atoms with E-state index in [0.29, 0.717) is 0 Å². The maximum Gasteiger partial charge on any atom is 0.0122 e. The van der Waals surface area contributed by atoms with Crippen molar-refractivity contribution in [2.24, 2.45) is 5.92 Å². The summed E-state index contributed by atoms with van der Waals surface area (Å²) in [6.07, 6.45) is 3.93. The molecular formula is C15H31N3. The lowest BCUT2D eigenvalue weighted by atomic mass is 9.88. The molecule has 0 amide bonds. The molecule has 3 heteroatoms. The van der Waals surface area contributed by atoms with Gasteiger partial charge in [0.25, 0.3) is 0 Å². The van der Waals surface area contributed by atoms with Gasteiger partial charge in [0.05, 0.1) is 0 Å². The van der Waals surface area contributed by atoms with E-state index in [-0.39, 0.29) is 0 Å². The van der Waals surface area contributed by atoms with Crippen LogP contribution in [0.25, 0.3) is 0 Å². The summed E-state index contributed by atoms with van der Waals surface area (Å²) in [5, 5.41) is 3.96. The Balaban J connectivity index is 1.85. The first-order chi connectivity index (χ1) is 8.47. The summed E-state index contributed by atoms with van der Waals surface area (Å²) >= 11 is 0. The van der Waals surface area contributed by atoms with Crippen molar-refractivity contribution in [3.8, 4) is 0 Å². The largest absolute Gasteiger partial charge is 0.311 e. The van der Waals surface area contributed by atoms with Crippen LogP contribution < -0.4 is 5.32 Å². The topological polar surface area (TPSA) is 18.5 Å². The molecule has 0 bridgehead atoms. The molecule has 0 radical (unpaired) electrons. The second kappa shape index (κ2) is 5.89. The third-order valence-corrected chi connectivity index (χ3v) is 5.27. The molecule has 5 atom stereocenters. The van der Waals surface area contributed by atoms with Crippen LogP contribution in [-0.4, -0.2) is 61.2 Å². The molecule has 0 saturated carbocycles. The van der Waals surface area contributed by atoms with Gasteiger partial charge in [0.1, 0.15) is 0 Å². The van der Waals surface area contributed by atoms with Crippen LogP contribution in [0.3, 0.4) is 0 Å². The third-order valence-electron chi connectivity index (χ3n) is 5.27. The molecule has 5 unspecified atom stereocenters. The average Bonchev–Trinajstić information content (AvgIpc) is 2.31. The van der Waals surface area contributed by atoms with Gasteiger partial charge in [0.15, 0.2) is 0 Å². The molecule has 2 rings (SSSR count). The molecule has 2 fully saturated rings. The quantitative estimate of drug-likeness (QED) is 0.809. The predicted molar refractivity (Wildman–Crippen MR) is 77.9 cm³/mol. The number of piperidine rings is 2. The van der Waals surface area contributed by atoms with E-state index < -0.39 is 0 Å². The van der Waals surface area contributed by atoms with E-state index in [1.807, 2.05) is 0 Å². The Bertz CT molecular complexity index is 268. The van der Waals surface area contributed by atoms with Gasteiger partial charge in [-0.3, -0.25) is 0 Å². The maximum atomic E-state index is 3.96. The van der Waals surface area contributed by atoms with Crippen molar-refractivity contribution in [3.05, 3.63) is 0 Å². The fraction of sp³-hybridized carbons (Fsp3) is 1.00. The minimum Gasteiger partial charge on any atom is -0.311 e. The average molecular weight is 253 g/mol. The lowest BCUT2D eigenvalue weighted by Gasteiger charge is -2.43. The Kier molecular flexibility index (Phi) is 4.68. The zero-order valence-electron chi connectivity index (χ0n) is 12.8. The summed E-state index contributed by atoms with van der Waals surface area (Å²) in [6, 6.07) is 2.91. The molecule has 1 N–H and O–H groups in total. The molecule has 0 aromatic rings. The minimum absolute atomic E-state index is 0.719. The Morgan fingerprint density at radius 1 is 0.944 bits per heavy atom. The number of nitrogens with zero attached hydrogens (tertiary/aromatic N) is 2. The molecule has 106 valence electrons. The van der Waals surface area contributed by atoms with Crippen molar-refractivity contribution < 1.29 is 0 Å². The summed E-state index contributed by atoms with van der Waals surface area (Å²) in [5.41, 5.74) is 0. The molecule has 0 aromatic carbocycles. The van der Waals surface area contributed by atoms with Crippen LogP contribution >= 0.6 is 0 Å². The van der Waals surface area contributed by atoms with E-state index in [4.69, 9.17) is 0 Å². The van der Waals surface area contributed by atoms with Gasteiger partial charge in [-0.05, 0) is 59.7 Å². The Labute approximate surface area is 113 Å². The lowest BCUT2D eigenvalue weighted by Crippen LogP contribution is -2.55. The fourth-order valence-electron chi connectivity index (χ4n) is 3.52. The van der Waals surface area contributed by atoms with E-state index >= 15 is 0 Å². The highest BCUT2D eigenvalue weighted by Gasteiger charge is 2.31. The van der Waals surface area contributed by atoms with Gasteiger partial charge in [-0.1, -0.05) is 6.92 Å². The van der Waals surface area contributed by atoms with Crippen molar-refractivity contribution in [2.75, 3.05) is 27.2 Å². The van der Waals surface area contributed by atoms with Crippen LogP contribution in [0.5, 0.6) is 0 Å². The molecule has 2 aliphatic rings. The molecule has 2 heterocycles. The molecule has 0 aliphatic carbocycles. The van der Waals surface area contributed by atoms with Gasteiger partial charge in [0.2, 0.25) is 0 Å². The number of likely N-dealkylation sites (tertiary alicyclic amines) is 2. The predicted octanol–water partition coefficient (Wildman–Crippen LogP) is 1.79. The molecule has 2 saturated heterocycles. The SMILES string of the molecule is CC1CN(C)C(C)CC1NC1CCN(C)C(C)C1. The first-order valence-electron chi connectivity index (χ1n) is 7.64. The Morgan fingerprint density at radius 3 is 2.28 bits per heavy atom. The van der Waals surface area contributed by atoms with Crippen LogP contribution in [0.1, 0.15) is 40.0 Å². The summed E-state index contributed by atoms with van der Waals surface area (Å²) in [6.45, 7) is 9.60. The van der Waals surface area contributed by atoms with E-state index in [1.54, 1.807) is 0 Å². The molecule has 0 aromatic heterocycles. The highest BCUT2D eigenvalue weighted by Crippen LogP contribution is 2.23. The Morgan fingerprint density at radius 2 is 1.61 bits per heavy atom. The molecule has 3 nitrogen and oxygen atoms in total. The van der Waals surface area contributed by atoms with Crippen LogP contribution in [-0.2, 0) is 0 Å². The molecule has 18 heavy (non-hydrogen) atoms. The molecule has 2 aliphatic heterocycles. The third kappa shape index (κ3) is 3.25. The van der Waals surface area contributed by atoms with E-state index in [2.05, 4.69) is 50.0 Å². The Hall–Kier alpha value is -0.120. The zero-order chi connectivity index (χ0) is 13.3. The van der Waals surface area contributed by atoms with Crippen LogP contribution in [0.15, 0.2) is 0 Å². The van der Waals surface area contributed by atoms with Crippen LogP contribution in [0.2, 0.25) is 0 Å². The summed E-state index contributed by atoms with van der Waals surface area (Å²) in [7, 11) is 4.51. The highest BCUT2D eigenvalue weighted by molar-refractivity contribution is 4.90. The maximum absolute atomic E-state index is 3.96. The van der Waals surface area contributed by atoms with Gasteiger partial charge in [-0.2, -0.15) is 0 Å². The van der Waals surface area contributed by atoms with E-state index in [0.717, 1.165) is 30.1 Å². The summed E-state index contributed by atoms with van der Waals surface area (Å²) in [4.78, 5) is 4.99. The summed E-state index contributed by atoms with van der Waals surface area (Å²) in [5.74, 6) is 0.779. The van der Waals surface area contributed by atoms with E-state index in [1.165, 1.54) is 32.4 Å². The first-order valence-corrected chi connectivity index (χ1v) is 7.64. The number of hydrogen-bond acceptors (Lipinski definition) is 3. The second-order valence-corrected chi connectivity index (χ2v) is 6.83. The van der Waals surface area contributed by atoms with Crippen molar-refractivity contribution in [1.82, 2.24) is 15.1 Å².